The molecule has 0 saturated carbocycles. The Balaban J connectivity index is 1.79. The Labute approximate surface area is 152 Å². The standard InChI is InChI=1S/C18H13IN4O/c19-13-4-5-15-17(9-13)22-18(24)10-16(21-15)12-2-1-3-14(8-12)23-7-6-20-11-23/h1-9,11H,10H2,(H,22,24). The number of rotatable bonds is 2. The Hall–Kier alpha value is -2.48. The summed E-state index contributed by atoms with van der Waals surface area (Å²) in [6, 6.07) is 13.8. The van der Waals surface area contributed by atoms with E-state index in [0.29, 0.717) is 0 Å². The van der Waals surface area contributed by atoms with E-state index in [-0.39, 0.29) is 12.3 Å². The first-order valence-electron chi connectivity index (χ1n) is 7.45. The number of fused-ring (bicyclic) bond motifs is 1. The minimum absolute atomic E-state index is 0.0532. The van der Waals surface area contributed by atoms with Gasteiger partial charge in [-0.05, 0) is 58.5 Å². The summed E-state index contributed by atoms with van der Waals surface area (Å²) in [5, 5.41) is 2.93. The number of halogens is 1. The van der Waals surface area contributed by atoms with Crippen LogP contribution in [0.5, 0.6) is 0 Å². The van der Waals surface area contributed by atoms with Crippen molar-refractivity contribution < 1.29 is 4.79 Å². The topological polar surface area (TPSA) is 59.3 Å². The van der Waals surface area contributed by atoms with Crippen molar-refractivity contribution in [3.05, 3.63) is 70.3 Å². The molecule has 0 fully saturated rings. The Bertz CT molecular complexity index is 947. The fourth-order valence-electron chi connectivity index (χ4n) is 2.66. The highest BCUT2D eigenvalue weighted by molar-refractivity contribution is 14.1. The van der Waals surface area contributed by atoms with Crippen LogP contribution in [0.3, 0.4) is 0 Å². The first-order chi connectivity index (χ1) is 11.7. The van der Waals surface area contributed by atoms with Crippen LogP contribution in [-0.4, -0.2) is 21.2 Å². The molecule has 4 rings (SSSR count). The molecule has 0 spiro atoms. The number of anilines is 1. The maximum atomic E-state index is 12.2. The van der Waals surface area contributed by atoms with E-state index < -0.39 is 0 Å². The monoisotopic (exact) mass is 428 g/mol. The molecule has 0 unspecified atom stereocenters. The van der Waals surface area contributed by atoms with Crippen molar-refractivity contribution in [2.45, 2.75) is 6.42 Å². The lowest BCUT2D eigenvalue weighted by molar-refractivity contribution is -0.115. The summed E-state index contributed by atoms with van der Waals surface area (Å²) < 4.78 is 2.99. The Morgan fingerprint density at radius 3 is 2.92 bits per heavy atom. The zero-order chi connectivity index (χ0) is 16.5. The molecule has 2 aromatic carbocycles. The van der Waals surface area contributed by atoms with Gasteiger partial charge in [0, 0.05) is 21.7 Å². The van der Waals surface area contributed by atoms with Gasteiger partial charge in [0.1, 0.15) is 0 Å². The van der Waals surface area contributed by atoms with Gasteiger partial charge in [-0.2, -0.15) is 0 Å². The SMILES string of the molecule is O=C1CC(c2cccc(-n3ccnc3)c2)=Nc2ccc(I)cc2N1. The van der Waals surface area contributed by atoms with Gasteiger partial charge in [-0.15, -0.1) is 0 Å². The smallest absolute Gasteiger partial charge is 0.230 e. The van der Waals surface area contributed by atoms with Gasteiger partial charge >= 0.3 is 0 Å². The number of carbonyl (C=O) groups excluding carboxylic acids is 1. The first-order valence-corrected chi connectivity index (χ1v) is 8.53. The molecule has 1 N–H and O–H groups in total. The summed E-state index contributed by atoms with van der Waals surface area (Å²) in [7, 11) is 0. The molecule has 2 heterocycles. The average molecular weight is 428 g/mol. The van der Waals surface area contributed by atoms with Crippen LogP contribution in [0.15, 0.2) is 66.2 Å². The Morgan fingerprint density at radius 1 is 1.17 bits per heavy atom. The summed E-state index contributed by atoms with van der Waals surface area (Å²) in [5.74, 6) is -0.0532. The Kier molecular flexibility index (Phi) is 3.89. The third-order valence-corrected chi connectivity index (χ3v) is 4.47. The summed E-state index contributed by atoms with van der Waals surface area (Å²) in [6.45, 7) is 0. The molecule has 0 atom stereocenters. The maximum Gasteiger partial charge on any atom is 0.230 e. The zero-order valence-corrected chi connectivity index (χ0v) is 14.8. The number of aromatic nitrogens is 2. The van der Waals surface area contributed by atoms with Crippen molar-refractivity contribution in [1.29, 1.82) is 0 Å². The van der Waals surface area contributed by atoms with E-state index in [0.717, 1.165) is 31.9 Å². The number of amides is 1. The van der Waals surface area contributed by atoms with Crippen molar-refractivity contribution >= 4 is 45.6 Å². The maximum absolute atomic E-state index is 12.2. The molecule has 0 aliphatic carbocycles. The quantitative estimate of drug-likeness (QED) is 0.629. The highest BCUT2D eigenvalue weighted by Gasteiger charge is 2.17. The van der Waals surface area contributed by atoms with Gasteiger partial charge in [0.05, 0.1) is 29.8 Å². The number of benzene rings is 2. The minimum atomic E-state index is -0.0532. The molecular weight excluding hydrogens is 415 g/mol. The molecule has 0 bridgehead atoms. The molecule has 1 aliphatic rings. The molecule has 118 valence electrons. The second-order valence-electron chi connectivity index (χ2n) is 5.47. The fraction of sp³-hybridized carbons (Fsp3) is 0.0556. The van der Waals surface area contributed by atoms with E-state index in [1.54, 1.807) is 12.5 Å². The predicted molar refractivity (Wildman–Crippen MR) is 102 cm³/mol. The lowest BCUT2D eigenvalue weighted by Gasteiger charge is -2.07. The molecule has 0 radical (unpaired) electrons. The van der Waals surface area contributed by atoms with Crippen LogP contribution in [0.1, 0.15) is 12.0 Å². The third kappa shape index (κ3) is 2.96. The van der Waals surface area contributed by atoms with Crippen LogP contribution in [0.2, 0.25) is 0 Å². The van der Waals surface area contributed by atoms with Crippen molar-refractivity contribution in [3.63, 3.8) is 0 Å². The molecule has 5 nitrogen and oxygen atoms in total. The van der Waals surface area contributed by atoms with E-state index in [2.05, 4.69) is 32.9 Å². The van der Waals surface area contributed by atoms with Crippen LogP contribution in [0.4, 0.5) is 11.4 Å². The summed E-state index contributed by atoms with van der Waals surface area (Å²) in [6.07, 6.45) is 5.62. The largest absolute Gasteiger partial charge is 0.324 e. The molecule has 1 aliphatic heterocycles. The van der Waals surface area contributed by atoms with E-state index in [1.807, 2.05) is 53.2 Å². The normalized spacial score (nSPS) is 13.7. The van der Waals surface area contributed by atoms with Crippen molar-refractivity contribution in [1.82, 2.24) is 9.55 Å². The van der Waals surface area contributed by atoms with Gasteiger partial charge in [0.25, 0.3) is 0 Å². The van der Waals surface area contributed by atoms with Gasteiger partial charge in [-0.3, -0.25) is 9.79 Å². The minimum Gasteiger partial charge on any atom is -0.324 e. The lowest BCUT2D eigenvalue weighted by Crippen LogP contribution is -2.15. The van der Waals surface area contributed by atoms with Gasteiger partial charge in [0.15, 0.2) is 0 Å². The molecule has 1 amide bonds. The lowest BCUT2D eigenvalue weighted by atomic mass is 10.1. The summed E-state index contributed by atoms with van der Waals surface area (Å²) >= 11 is 2.22. The third-order valence-electron chi connectivity index (χ3n) is 3.80. The summed E-state index contributed by atoms with van der Waals surface area (Å²) in [5.41, 5.74) is 4.22. The van der Waals surface area contributed by atoms with Crippen molar-refractivity contribution in [2.24, 2.45) is 4.99 Å². The van der Waals surface area contributed by atoms with Crippen molar-refractivity contribution in [3.8, 4) is 5.69 Å². The summed E-state index contributed by atoms with van der Waals surface area (Å²) in [4.78, 5) is 21.0. The molecule has 6 heteroatoms. The molecule has 1 aromatic heterocycles. The number of imidazole rings is 1. The number of nitrogens with zero attached hydrogens (tertiary/aromatic N) is 3. The number of aliphatic imine (C=N–C) groups is 1. The second kappa shape index (κ2) is 6.20. The van der Waals surface area contributed by atoms with Gasteiger partial charge < -0.3 is 9.88 Å². The highest BCUT2D eigenvalue weighted by Crippen LogP contribution is 2.30. The van der Waals surface area contributed by atoms with E-state index in [9.17, 15) is 4.79 Å². The van der Waals surface area contributed by atoms with E-state index in [1.165, 1.54) is 0 Å². The molecule has 24 heavy (non-hydrogen) atoms. The second-order valence-corrected chi connectivity index (χ2v) is 6.71. The van der Waals surface area contributed by atoms with E-state index >= 15 is 0 Å². The van der Waals surface area contributed by atoms with Gasteiger partial charge in [-0.1, -0.05) is 12.1 Å². The molecule has 0 saturated heterocycles. The van der Waals surface area contributed by atoms with Crippen LogP contribution < -0.4 is 5.32 Å². The van der Waals surface area contributed by atoms with Crippen LogP contribution in [0, 0.1) is 3.57 Å². The van der Waals surface area contributed by atoms with Crippen molar-refractivity contribution in [2.75, 3.05) is 5.32 Å². The Morgan fingerprint density at radius 2 is 2.08 bits per heavy atom. The fourth-order valence-corrected chi connectivity index (χ4v) is 3.15. The highest BCUT2D eigenvalue weighted by atomic mass is 127. The van der Waals surface area contributed by atoms with Crippen LogP contribution in [0.25, 0.3) is 5.69 Å². The molecular formula is C18H13IN4O. The number of nitrogens with one attached hydrogen (secondary N) is 1. The first kappa shape index (κ1) is 15.1. The average Bonchev–Trinajstić information content (AvgIpc) is 3.05. The van der Waals surface area contributed by atoms with Crippen LogP contribution >= 0.6 is 22.6 Å². The number of carbonyl (C=O) groups is 1. The molecule has 3 aromatic rings. The van der Waals surface area contributed by atoms with Crippen LogP contribution in [-0.2, 0) is 4.79 Å². The zero-order valence-electron chi connectivity index (χ0n) is 12.6. The number of hydrogen-bond acceptors (Lipinski definition) is 3. The van der Waals surface area contributed by atoms with E-state index in [4.69, 9.17) is 4.99 Å². The predicted octanol–water partition coefficient (Wildman–Crippen LogP) is 3.94. The van der Waals surface area contributed by atoms with Gasteiger partial charge in [-0.25, -0.2) is 4.98 Å². The number of hydrogen-bond donors (Lipinski definition) is 1. The van der Waals surface area contributed by atoms with Gasteiger partial charge in [0.2, 0.25) is 5.91 Å².